The molecule has 0 saturated heterocycles. The Labute approximate surface area is 143 Å². The number of pyridine rings is 2. The van der Waals surface area contributed by atoms with Crippen LogP contribution in [0.1, 0.15) is 12.8 Å². The van der Waals surface area contributed by atoms with Crippen LogP contribution in [0.15, 0.2) is 48.9 Å². The average Bonchev–Trinajstić information content (AvgIpc) is 3.03. The fraction of sp³-hybridized carbons (Fsp3) is 0.222. The predicted octanol–water partition coefficient (Wildman–Crippen LogP) is 2.27. The summed E-state index contributed by atoms with van der Waals surface area (Å²) in [5.41, 5.74) is 4.49. The Morgan fingerprint density at radius 3 is 2.88 bits per heavy atom. The molecule has 1 fully saturated rings. The van der Waals surface area contributed by atoms with Gasteiger partial charge in [0.15, 0.2) is 0 Å². The van der Waals surface area contributed by atoms with E-state index in [9.17, 15) is 5.11 Å². The van der Waals surface area contributed by atoms with E-state index in [1.165, 1.54) is 0 Å². The van der Waals surface area contributed by atoms with Gasteiger partial charge in [0.1, 0.15) is 0 Å². The standard InChI is InChI=1S/C18H16N6O/c25-12-8-11(9-12)21-18-20-10-17-13(5-7-24(17)23-18)14-3-4-15-16(22-14)2-1-6-19-15/h1-7,10-12,25H,8-9H2,(H,21,23). The average molecular weight is 332 g/mol. The highest BCUT2D eigenvalue weighted by molar-refractivity contribution is 5.83. The van der Waals surface area contributed by atoms with E-state index >= 15 is 0 Å². The maximum absolute atomic E-state index is 9.38. The van der Waals surface area contributed by atoms with Crippen LogP contribution in [0, 0.1) is 0 Å². The highest BCUT2D eigenvalue weighted by Crippen LogP contribution is 2.26. The Hall–Kier alpha value is -3.06. The number of anilines is 1. The number of aromatic nitrogens is 5. The van der Waals surface area contributed by atoms with Crippen molar-refractivity contribution in [1.82, 2.24) is 24.6 Å². The second kappa shape index (κ2) is 5.49. The molecule has 7 heteroatoms. The van der Waals surface area contributed by atoms with Gasteiger partial charge in [-0.25, -0.2) is 14.5 Å². The van der Waals surface area contributed by atoms with E-state index < -0.39 is 0 Å². The summed E-state index contributed by atoms with van der Waals surface area (Å²) in [6, 6.07) is 10.0. The topological polar surface area (TPSA) is 88.2 Å². The first-order valence-corrected chi connectivity index (χ1v) is 8.27. The Morgan fingerprint density at radius 2 is 2.00 bits per heavy atom. The van der Waals surface area contributed by atoms with Gasteiger partial charge in [-0.3, -0.25) is 4.98 Å². The molecule has 4 heterocycles. The summed E-state index contributed by atoms with van der Waals surface area (Å²) in [5.74, 6) is 0.572. The van der Waals surface area contributed by atoms with Crippen molar-refractivity contribution >= 4 is 22.5 Å². The second-order valence-electron chi connectivity index (χ2n) is 6.35. The molecule has 1 saturated carbocycles. The summed E-state index contributed by atoms with van der Waals surface area (Å²) in [6.45, 7) is 0. The number of aliphatic hydroxyl groups excluding tert-OH is 1. The monoisotopic (exact) mass is 332 g/mol. The van der Waals surface area contributed by atoms with Gasteiger partial charge in [-0.2, -0.15) is 0 Å². The van der Waals surface area contributed by atoms with E-state index in [-0.39, 0.29) is 12.1 Å². The number of hydrogen-bond donors (Lipinski definition) is 2. The van der Waals surface area contributed by atoms with Crippen LogP contribution in [0.4, 0.5) is 5.95 Å². The van der Waals surface area contributed by atoms with Crippen molar-refractivity contribution in [2.75, 3.05) is 5.32 Å². The molecular weight excluding hydrogens is 316 g/mol. The van der Waals surface area contributed by atoms with Gasteiger partial charge in [-0.15, -0.1) is 5.10 Å². The molecule has 0 unspecified atom stereocenters. The molecule has 1 aliphatic carbocycles. The van der Waals surface area contributed by atoms with Crippen molar-refractivity contribution in [1.29, 1.82) is 0 Å². The molecule has 0 spiro atoms. The molecule has 0 atom stereocenters. The third-order valence-electron chi connectivity index (χ3n) is 4.60. The zero-order valence-electron chi connectivity index (χ0n) is 13.4. The van der Waals surface area contributed by atoms with Crippen LogP contribution >= 0.6 is 0 Å². The summed E-state index contributed by atoms with van der Waals surface area (Å²) in [7, 11) is 0. The lowest BCUT2D eigenvalue weighted by molar-refractivity contribution is 0.0833. The molecule has 25 heavy (non-hydrogen) atoms. The zero-order chi connectivity index (χ0) is 16.8. The summed E-state index contributed by atoms with van der Waals surface area (Å²) in [5, 5.41) is 17.1. The van der Waals surface area contributed by atoms with Gasteiger partial charge < -0.3 is 10.4 Å². The summed E-state index contributed by atoms with van der Waals surface area (Å²) < 4.78 is 1.80. The maximum Gasteiger partial charge on any atom is 0.241 e. The molecule has 0 aromatic carbocycles. The number of hydrogen-bond acceptors (Lipinski definition) is 6. The normalized spacial score (nSPS) is 19.9. The van der Waals surface area contributed by atoms with E-state index in [4.69, 9.17) is 4.98 Å². The van der Waals surface area contributed by atoms with Crippen LogP contribution in [0.5, 0.6) is 0 Å². The molecule has 4 aromatic rings. The van der Waals surface area contributed by atoms with Crippen LogP contribution in [-0.4, -0.2) is 41.8 Å². The maximum atomic E-state index is 9.38. The quantitative estimate of drug-likeness (QED) is 0.598. The fourth-order valence-electron chi connectivity index (χ4n) is 3.18. The first kappa shape index (κ1) is 14.3. The molecular formula is C18H16N6O. The Kier molecular flexibility index (Phi) is 3.14. The van der Waals surface area contributed by atoms with Crippen molar-refractivity contribution in [3.05, 3.63) is 48.9 Å². The molecule has 124 valence electrons. The third-order valence-corrected chi connectivity index (χ3v) is 4.60. The van der Waals surface area contributed by atoms with Crippen molar-refractivity contribution in [3.8, 4) is 11.3 Å². The van der Waals surface area contributed by atoms with E-state index in [0.29, 0.717) is 5.95 Å². The molecule has 0 bridgehead atoms. The van der Waals surface area contributed by atoms with Gasteiger partial charge >= 0.3 is 0 Å². The second-order valence-corrected chi connectivity index (χ2v) is 6.35. The summed E-state index contributed by atoms with van der Waals surface area (Å²) in [6.07, 6.45) is 6.76. The third kappa shape index (κ3) is 2.49. The largest absolute Gasteiger partial charge is 0.393 e. The minimum Gasteiger partial charge on any atom is -0.393 e. The van der Waals surface area contributed by atoms with Gasteiger partial charge in [-0.05, 0) is 43.2 Å². The van der Waals surface area contributed by atoms with Crippen LogP contribution in [0.3, 0.4) is 0 Å². The van der Waals surface area contributed by atoms with Gasteiger partial charge in [0.25, 0.3) is 0 Å². The number of fused-ring (bicyclic) bond motifs is 2. The number of nitrogens with one attached hydrogen (secondary N) is 1. The number of nitrogens with zero attached hydrogens (tertiary/aromatic N) is 5. The van der Waals surface area contributed by atoms with Crippen molar-refractivity contribution in [2.24, 2.45) is 0 Å². The van der Waals surface area contributed by atoms with Crippen molar-refractivity contribution in [2.45, 2.75) is 25.0 Å². The van der Waals surface area contributed by atoms with E-state index in [2.05, 4.69) is 20.4 Å². The highest BCUT2D eigenvalue weighted by Gasteiger charge is 2.27. The number of rotatable bonds is 3. The summed E-state index contributed by atoms with van der Waals surface area (Å²) in [4.78, 5) is 13.4. The molecule has 0 aliphatic heterocycles. The highest BCUT2D eigenvalue weighted by atomic mass is 16.3. The molecule has 4 aromatic heterocycles. The van der Waals surface area contributed by atoms with Crippen molar-refractivity contribution in [3.63, 3.8) is 0 Å². The lowest BCUT2D eigenvalue weighted by atomic mass is 9.90. The molecule has 7 nitrogen and oxygen atoms in total. The first-order valence-electron chi connectivity index (χ1n) is 8.27. The minimum atomic E-state index is -0.201. The molecule has 0 amide bonds. The smallest absolute Gasteiger partial charge is 0.241 e. The van der Waals surface area contributed by atoms with Crippen LogP contribution < -0.4 is 5.32 Å². The zero-order valence-corrected chi connectivity index (χ0v) is 13.4. The van der Waals surface area contributed by atoms with Crippen LogP contribution in [0.2, 0.25) is 0 Å². The van der Waals surface area contributed by atoms with E-state index in [1.807, 2.05) is 36.5 Å². The fourth-order valence-corrected chi connectivity index (χ4v) is 3.18. The summed E-state index contributed by atoms with van der Waals surface area (Å²) >= 11 is 0. The van der Waals surface area contributed by atoms with Crippen LogP contribution in [-0.2, 0) is 0 Å². The Morgan fingerprint density at radius 1 is 1.08 bits per heavy atom. The molecule has 5 rings (SSSR count). The first-order chi connectivity index (χ1) is 12.3. The molecule has 0 radical (unpaired) electrons. The lowest BCUT2D eigenvalue weighted by Gasteiger charge is -2.31. The Balaban J connectivity index is 1.50. The van der Waals surface area contributed by atoms with Gasteiger partial charge in [0.05, 0.1) is 34.5 Å². The SMILES string of the molecule is OC1CC(Nc2ncc3c(-c4ccc5ncccc5n4)ccn3n2)C1. The molecule has 2 N–H and O–H groups in total. The van der Waals surface area contributed by atoms with E-state index in [0.717, 1.165) is 40.6 Å². The molecule has 1 aliphatic rings. The number of aliphatic hydroxyl groups is 1. The van der Waals surface area contributed by atoms with Crippen LogP contribution in [0.25, 0.3) is 27.8 Å². The lowest BCUT2D eigenvalue weighted by Crippen LogP contribution is -2.39. The van der Waals surface area contributed by atoms with Crippen molar-refractivity contribution < 1.29 is 5.11 Å². The minimum absolute atomic E-state index is 0.201. The van der Waals surface area contributed by atoms with E-state index in [1.54, 1.807) is 16.9 Å². The predicted molar refractivity (Wildman–Crippen MR) is 94.2 cm³/mol. The van der Waals surface area contributed by atoms with Gasteiger partial charge in [0, 0.05) is 24.0 Å². The van der Waals surface area contributed by atoms with Gasteiger partial charge in [-0.1, -0.05) is 0 Å². The Bertz CT molecular complexity index is 1070. The van der Waals surface area contributed by atoms with Gasteiger partial charge in [0.2, 0.25) is 5.95 Å².